The van der Waals surface area contributed by atoms with Crippen molar-refractivity contribution in [1.29, 1.82) is 0 Å². The Bertz CT molecular complexity index is 1050. The van der Waals surface area contributed by atoms with Gasteiger partial charge in [-0.1, -0.05) is 12.7 Å². The number of rotatable bonds is 5. The second-order valence-electron chi connectivity index (χ2n) is 6.91. The summed E-state index contributed by atoms with van der Waals surface area (Å²) >= 11 is -0.491. The highest BCUT2D eigenvalue weighted by Gasteiger charge is 2.27. The lowest BCUT2D eigenvalue weighted by Gasteiger charge is -2.29. The van der Waals surface area contributed by atoms with Crippen LogP contribution in [0.4, 0.5) is 11.4 Å². The van der Waals surface area contributed by atoms with Crippen LogP contribution in [0.5, 0.6) is 0 Å². The van der Waals surface area contributed by atoms with Gasteiger partial charge in [0.15, 0.2) is 0 Å². The van der Waals surface area contributed by atoms with Gasteiger partial charge in [0.1, 0.15) is 27.0 Å². The Kier molecular flexibility index (Phi) is 4.92. The molecular weight excluding hydrogens is 465 g/mol. The van der Waals surface area contributed by atoms with Gasteiger partial charge in [0.05, 0.1) is 17.1 Å². The van der Waals surface area contributed by atoms with E-state index in [1.165, 1.54) is 0 Å². The number of anilines is 1. The molecule has 0 atom stereocenters. The Morgan fingerprint density at radius 3 is 2.93 bits per heavy atom. The first-order valence-corrected chi connectivity index (χ1v) is 11.0. The molecule has 1 amide bonds. The number of hydrogen-bond acceptors (Lipinski definition) is 4. The molecule has 1 aromatic heterocycles. The number of nitrogens with zero attached hydrogens (tertiary/aromatic N) is 3. The molecule has 144 valence electrons. The van der Waals surface area contributed by atoms with Crippen LogP contribution in [-0.4, -0.2) is 41.3 Å². The summed E-state index contributed by atoms with van der Waals surface area (Å²) in [5, 5.41) is 0. The first-order valence-electron chi connectivity index (χ1n) is 8.98. The first kappa shape index (κ1) is 18.7. The molecule has 4 rings (SSSR count). The standard InChI is InChI=1S/C21H22IN5O/c1-5-6-9-27-12-17(15-7-8-23-19(15)13(27)2)16-10-14(21(28)26(3)4)11-18-20(16)25-22-24-18/h5,7-8,10-12,23H,1-2,6,9H2,3-4H3,(H,24,25). The monoisotopic (exact) mass is 487 g/mol. The van der Waals surface area contributed by atoms with Crippen molar-refractivity contribution in [2.24, 2.45) is 3.15 Å². The van der Waals surface area contributed by atoms with Crippen molar-refractivity contribution in [2.75, 3.05) is 24.2 Å². The third-order valence-corrected chi connectivity index (χ3v) is 6.40. The second kappa shape index (κ2) is 7.38. The molecule has 2 aromatic rings. The van der Waals surface area contributed by atoms with Crippen LogP contribution >= 0.6 is 21.3 Å². The van der Waals surface area contributed by atoms with Gasteiger partial charge in [-0.25, -0.2) is 3.15 Å². The fourth-order valence-corrected chi connectivity index (χ4v) is 4.97. The minimum absolute atomic E-state index is 0.0189. The molecule has 0 saturated heterocycles. The summed E-state index contributed by atoms with van der Waals surface area (Å²) in [4.78, 5) is 19.7. The van der Waals surface area contributed by atoms with Crippen LogP contribution in [0, 0.1) is 0 Å². The normalized spacial score (nSPS) is 14.6. The Morgan fingerprint density at radius 2 is 2.18 bits per heavy atom. The molecule has 2 aliphatic heterocycles. The third kappa shape index (κ3) is 3.09. The number of carbonyl (C=O) groups is 1. The lowest BCUT2D eigenvalue weighted by Crippen LogP contribution is -2.23. The van der Waals surface area contributed by atoms with E-state index in [9.17, 15) is 4.79 Å². The first-order chi connectivity index (χ1) is 13.5. The van der Waals surface area contributed by atoms with E-state index in [-0.39, 0.29) is 5.91 Å². The lowest BCUT2D eigenvalue weighted by atomic mass is 9.91. The average molecular weight is 487 g/mol. The summed E-state index contributed by atoms with van der Waals surface area (Å²) in [6, 6.07) is 5.93. The maximum absolute atomic E-state index is 12.6. The minimum Gasteiger partial charge on any atom is -0.359 e. The van der Waals surface area contributed by atoms with Gasteiger partial charge in [-0.2, -0.15) is 0 Å². The molecule has 0 radical (unpaired) electrons. The highest BCUT2D eigenvalue weighted by molar-refractivity contribution is 14.2. The molecule has 28 heavy (non-hydrogen) atoms. The quantitative estimate of drug-likeness (QED) is 0.351. The molecule has 0 saturated carbocycles. The van der Waals surface area contributed by atoms with Crippen LogP contribution in [-0.2, 0) is 0 Å². The van der Waals surface area contributed by atoms with Gasteiger partial charge in [0.2, 0.25) is 0 Å². The largest absolute Gasteiger partial charge is 0.359 e. The van der Waals surface area contributed by atoms with Crippen LogP contribution in [0.3, 0.4) is 0 Å². The summed E-state index contributed by atoms with van der Waals surface area (Å²) in [6.07, 6.45) is 6.81. The zero-order chi connectivity index (χ0) is 19.8. The van der Waals surface area contributed by atoms with Gasteiger partial charge >= 0.3 is 0 Å². The lowest BCUT2D eigenvalue weighted by molar-refractivity contribution is 0.0827. The summed E-state index contributed by atoms with van der Waals surface area (Å²) in [7, 11) is 3.54. The Morgan fingerprint density at radius 1 is 1.36 bits per heavy atom. The van der Waals surface area contributed by atoms with Gasteiger partial charge < -0.3 is 18.3 Å². The molecule has 0 aliphatic carbocycles. The third-order valence-electron chi connectivity index (χ3n) is 4.86. The molecule has 2 aliphatic rings. The van der Waals surface area contributed by atoms with E-state index in [1.807, 2.05) is 24.4 Å². The van der Waals surface area contributed by atoms with Gasteiger partial charge in [-0.3, -0.25) is 4.79 Å². The predicted molar refractivity (Wildman–Crippen MR) is 123 cm³/mol. The Hall–Kier alpha value is -2.68. The van der Waals surface area contributed by atoms with E-state index >= 15 is 0 Å². The number of hydrogen-bond donors (Lipinski definition) is 2. The van der Waals surface area contributed by atoms with Gasteiger partial charge in [-0.05, 0) is 24.6 Å². The van der Waals surface area contributed by atoms with E-state index in [0.717, 1.165) is 52.4 Å². The van der Waals surface area contributed by atoms with Crippen molar-refractivity contribution in [3.05, 3.63) is 72.2 Å². The second-order valence-corrected chi connectivity index (χ2v) is 8.41. The average Bonchev–Trinajstić information content (AvgIpc) is 3.35. The number of H-pyrrole nitrogens is 1. The van der Waals surface area contributed by atoms with E-state index in [0.29, 0.717) is 5.56 Å². The Labute approximate surface area is 175 Å². The molecule has 0 spiro atoms. The van der Waals surface area contributed by atoms with Crippen molar-refractivity contribution in [1.82, 2.24) is 14.8 Å². The van der Waals surface area contributed by atoms with Crippen molar-refractivity contribution >= 4 is 49.9 Å². The molecule has 0 fully saturated rings. The number of halogens is 1. The SMILES string of the molecule is C=CCCN1C=C(c2cc(C(=O)N(C)C)cc3c2N=IN3)c2cc[nH]c2C1=C. The fraction of sp³-hybridized carbons (Fsp3) is 0.190. The predicted octanol–water partition coefficient (Wildman–Crippen LogP) is 5.09. The van der Waals surface area contributed by atoms with Crippen molar-refractivity contribution in [2.45, 2.75) is 6.42 Å². The molecule has 0 unspecified atom stereocenters. The zero-order valence-corrected chi connectivity index (χ0v) is 18.1. The molecule has 7 heteroatoms. The van der Waals surface area contributed by atoms with Crippen LogP contribution in [0.2, 0.25) is 0 Å². The zero-order valence-electron chi connectivity index (χ0n) is 15.9. The minimum atomic E-state index is -0.491. The topological polar surface area (TPSA) is 63.7 Å². The number of aromatic nitrogens is 1. The molecule has 6 nitrogen and oxygen atoms in total. The summed E-state index contributed by atoms with van der Waals surface area (Å²) < 4.78 is 8.13. The number of nitrogens with one attached hydrogen (secondary N) is 2. The summed E-state index contributed by atoms with van der Waals surface area (Å²) in [5.74, 6) is -0.0189. The maximum Gasteiger partial charge on any atom is 0.253 e. The van der Waals surface area contributed by atoms with Crippen LogP contribution in [0.25, 0.3) is 11.3 Å². The molecule has 2 N–H and O–H groups in total. The Balaban J connectivity index is 1.89. The van der Waals surface area contributed by atoms with Crippen molar-refractivity contribution in [3.8, 4) is 0 Å². The van der Waals surface area contributed by atoms with Gasteiger partial charge in [0, 0.05) is 55.3 Å². The smallest absolute Gasteiger partial charge is 0.253 e. The number of benzene rings is 1. The van der Waals surface area contributed by atoms with Gasteiger partial charge in [-0.15, -0.1) is 6.58 Å². The summed E-state index contributed by atoms with van der Waals surface area (Å²) in [5.41, 5.74) is 7.58. The molecular formula is C21H22IN5O. The number of carbonyl (C=O) groups excluding carboxylic acids is 1. The van der Waals surface area contributed by atoms with Crippen LogP contribution in [0.15, 0.2) is 53.0 Å². The van der Waals surface area contributed by atoms with Crippen LogP contribution < -0.4 is 3.53 Å². The fourth-order valence-electron chi connectivity index (χ4n) is 3.42. The molecule has 1 aromatic carbocycles. The number of fused-ring (bicyclic) bond motifs is 2. The van der Waals surface area contributed by atoms with E-state index in [1.54, 1.807) is 19.0 Å². The highest BCUT2D eigenvalue weighted by atomic mass is 127. The number of aromatic amines is 1. The number of amides is 1. The van der Waals surface area contributed by atoms with Gasteiger partial charge in [0.25, 0.3) is 5.91 Å². The maximum atomic E-state index is 12.6. The van der Waals surface area contributed by atoms with Crippen molar-refractivity contribution < 1.29 is 4.79 Å². The van der Waals surface area contributed by atoms with E-state index < -0.39 is 21.3 Å². The highest BCUT2D eigenvalue weighted by Crippen LogP contribution is 2.47. The molecule has 0 bridgehead atoms. The van der Waals surface area contributed by atoms with E-state index in [4.69, 9.17) is 3.15 Å². The van der Waals surface area contributed by atoms with Crippen LogP contribution in [0.1, 0.15) is 33.6 Å². The van der Waals surface area contributed by atoms with E-state index in [2.05, 4.69) is 38.8 Å². The summed E-state index contributed by atoms with van der Waals surface area (Å²) in [6.45, 7) is 8.88. The van der Waals surface area contributed by atoms with Crippen molar-refractivity contribution in [3.63, 3.8) is 0 Å². The molecule has 3 heterocycles.